The van der Waals surface area contributed by atoms with Gasteiger partial charge in [-0.2, -0.15) is 0 Å². The molecule has 5 heteroatoms. The van der Waals surface area contributed by atoms with E-state index >= 15 is 0 Å². The number of halogens is 1. The van der Waals surface area contributed by atoms with Crippen LogP contribution in [0, 0.1) is 5.82 Å². The molecule has 0 spiro atoms. The van der Waals surface area contributed by atoms with Crippen LogP contribution in [0.25, 0.3) is 0 Å². The lowest BCUT2D eigenvalue weighted by molar-refractivity contribution is 0.0931. The Bertz CT molecular complexity index is 438. The first-order valence-electron chi connectivity index (χ1n) is 6.64. The molecule has 0 bridgehead atoms. The minimum atomic E-state index is -0.489. The number of nitrogen functional groups attached to an aromatic ring is 1. The van der Waals surface area contributed by atoms with Gasteiger partial charge in [0.15, 0.2) is 0 Å². The monoisotopic (exact) mass is 265 g/mol. The molecular formula is C14H20FN3O. The molecule has 1 aliphatic rings. The number of benzene rings is 1. The van der Waals surface area contributed by atoms with Crippen molar-refractivity contribution < 1.29 is 9.18 Å². The molecule has 104 valence electrons. The van der Waals surface area contributed by atoms with E-state index in [-0.39, 0.29) is 23.2 Å². The van der Waals surface area contributed by atoms with E-state index in [1.165, 1.54) is 31.0 Å². The molecule has 19 heavy (non-hydrogen) atoms. The van der Waals surface area contributed by atoms with E-state index in [4.69, 9.17) is 5.73 Å². The van der Waals surface area contributed by atoms with E-state index in [1.54, 1.807) is 0 Å². The molecular weight excluding hydrogens is 245 g/mol. The van der Waals surface area contributed by atoms with Crippen molar-refractivity contribution in [3.05, 3.63) is 29.6 Å². The molecule has 1 fully saturated rings. The van der Waals surface area contributed by atoms with Crippen LogP contribution in [0.3, 0.4) is 0 Å². The third kappa shape index (κ3) is 3.92. The van der Waals surface area contributed by atoms with Gasteiger partial charge in [-0.1, -0.05) is 0 Å². The van der Waals surface area contributed by atoms with Gasteiger partial charge in [0, 0.05) is 23.8 Å². The second-order valence-corrected chi connectivity index (χ2v) is 5.16. The zero-order valence-electron chi connectivity index (χ0n) is 11.2. The van der Waals surface area contributed by atoms with Crippen molar-refractivity contribution in [1.82, 2.24) is 10.2 Å². The predicted molar refractivity (Wildman–Crippen MR) is 73.4 cm³/mol. The van der Waals surface area contributed by atoms with Crippen molar-refractivity contribution >= 4 is 11.6 Å². The first-order valence-corrected chi connectivity index (χ1v) is 6.64. The van der Waals surface area contributed by atoms with Crippen LogP contribution in [-0.4, -0.2) is 36.5 Å². The fourth-order valence-corrected chi connectivity index (χ4v) is 2.45. The Morgan fingerprint density at radius 3 is 2.74 bits per heavy atom. The quantitative estimate of drug-likeness (QED) is 0.813. The number of likely N-dealkylation sites (tertiary alicyclic amines) is 1. The number of nitrogens with one attached hydrogen (secondary N) is 1. The SMILES string of the molecule is CC(CN1CCCC1)NC(=O)c1cc(N)cc(F)c1. The van der Waals surface area contributed by atoms with Crippen LogP contribution in [0.4, 0.5) is 10.1 Å². The lowest BCUT2D eigenvalue weighted by atomic mass is 10.1. The predicted octanol–water partition coefficient (Wildman–Crippen LogP) is 1.62. The summed E-state index contributed by atoms with van der Waals surface area (Å²) in [6, 6.07) is 3.93. The maximum absolute atomic E-state index is 13.2. The van der Waals surface area contributed by atoms with Gasteiger partial charge in [0.2, 0.25) is 0 Å². The Hall–Kier alpha value is -1.62. The Morgan fingerprint density at radius 2 is 2.11 bits per heavy atom. The normalized spacial score (nSPS) is 17.4. The maximum atomic E-state index is 13.2. The smallest absolute Gasteiger partial charge is 0.251 e. The Morgan fingerprint density at radius 1 is 1.42 bits per heavy atom. The minimum Gasteiger partial charge on any atom is -0.399 e. The van der Waals surface area contributed by atoms with Gasteiger partial charge < -0.3 is 16.0 Å². The molecule has 1 aromatic carbocycles. The van der Waals surface area contributed by atoms with E-state index in [1.807, 2.05) is 6.92 Å². The molecule has 0 saturated carbocycles. The number of carbonyl (C=O) groups is 1. The first-order chi connectivity index (χ1) is 9.04. The zero-order chi connectivity index (χ0) is 13.8. The molecule has 1 amide bonds. The number of amides is 1. The van der Waals surface area contributed by atoms with Gasteiger partial charge in [-0.3, -0.25) is 4.79 Å². The Labute approximate surface area is 112 Å². The average molecular weight is 265 g/mol. The van der Waals surface area contributed by atoms with Crippen molar-refractivity contribution in [2.24, 2.45) is 0 Å². The molecule has 0 radical (unpaired) electrons. The number of rotatable bonds is 4. The number of carbonyl (C=O) groups excluding carboxylic acids is 1. The van der Waals surface area contributed by atoms with Gasteiger partial charge in [0.1, 0.15) is 5.82 Å². The van der Waals surface area contributed by atoms with Gasteiger partial charge in [-0.25, -0.2) is 4.39 Å². The maximum Gasteiger partial charge on any atom is 0.251 e. The number of anilines is 1. The fourth-order valence-electron chi connectivity index (χ4n) is 2.45. The molecule has 0 aromatic heterocycles. The molecule has 4 nitrogen and oxygen atoms in total. The standard InChI is InChI=1S/C14H20FN3O/c1-10(9-18-4-2-3-5-18)17-14(19)11-6-12(15)8-13(16)7-11/h6-8,10H,2-5,9,16H2,1H3,(H,17,19). The summed E-state index contributed by atoms with van der Waals surface area (Å²) in [5, 5.41) is 2.87. The summed E-state index contributed by atoms with van der Waals surface area (Å²) in [4.78, 5) is 14.3. The molecule has 1 aromatic rings. The van der Waals surface area contributed by atoms with Crippen LogP contribution in [0.1, 0.15) is 30.1 Å². The molecule has 3 N–H and O–H groups in total. The van der Waals surface area contributed by atoms with Gasteiger partial charge >= 0.3 is 0 Å². The molecule has 1 saturated heterocycles. The van der Waals surface area contributed by atoms with Gasteiger partial charge in [-0.15, -0.1) is 0 Å². The van der Waals surface area contributed by atoms with Crippen LogP contribution in [0.2, 0.25) is 0 Å². The third-order valence-corrected chi connectivity index (χ3v) is 3.29. The van der Waals surface area contributed by atoms with E-state index in [2.05, 4.69) is 10.2 Å². The summed E-state index contributed by atoms with van der Waals surface area (Å²) in [7, 11) is 0. The summed E-state index contributed by atoms with van der Waals surface area (Å²) in [5.74, 6) is -0.768. The van der Waals surface area contributed by atoms with Crippen LogP contribution in [0.15, 0.2) is 18.2 Å². The van der Waals surface area contributed by atoms with Crippen molar-refractivity contribution in [3.63, 3.8) is 0 Å². The number of nitrogens with zero attached hydrogens (tertiary/aromatic N) is 1. The molecule has 0 aliphatic carbocycles. The summed E-state index contributed by atoms with van der Waals surface area (Å²) in [6.07, 6.45) is 2.45. The topological polar surface area (TPSA) is 58.4 Å². The van der Waals surface area contributed by atoms with Gasteiger partial charge in [0.25, 0.3) is 5.91 Å². The highest BCUT2D eigenvalue weighted by Crippen LogP contribution is 2.11. The summed E-state index contributed by atoms with van der Waals surface area (Å²) in [5.41, 5.74) is 6.06. The minimum absolute atomic E-state index is 0.0371. The van der Waals surface area contributed by atoms with Gasteiger partial charge in [0.05, 0.1) is 0 Å². The van der Waals surface area contributed by atoms with Crippen LogP contribution in [-0.2, 0) is 0 Å². The number of nitrogens with two attached hydrogens (primary N) is 1. The largest absolute Gasteiger partial charge is 0.399 e. The van der Waals surface area contributed by atoms with Crippen molar-refractivity contribution in [2.45, 2.75) is 25.8 Å². The lowest BCUT2D eigenvalue weighted by Gasteiger charge is -2.21. The second kappa shape index (κ2) is 6.02. The summed E-state index contributed by atoms with van der Waals surface area (Å²) < 4.78 is 13.2. The van der Waals surface area contributed by atoms with E-state index in [0.29, 0.717) is 0 Å². The Balaban J connectivity index is 1.92. The highest BCUT2D eigenvalue weighted by molar-refractivity contribution is 5.95. The van der Waals surface area contributed by atoms with Crippen molar-refractivity contribution in [3.8, 4) is 0 Å². The zero-order valence-corrected chi connectivity index (χ0v) is 11.2. The van der Waals surface area contributed by atoms with Crippen LogP contribution >= 0.6 is 0 Å². The molecule has 1 aliphatic heterocycles. The van der Waals surface area contributed by atoms with Crippen molar-refractivity contribution in [2.75, 3.05) is 25.4 Å². The third-order valence-electron chi connectivity index (χ3n) is 3.29. The van der Waals surface area contributed by atoms with Crippen molar-refractivity contribution in [1.29, 1.82) is 0 Å². The average Bonchev–Trinajstić information content (AvgIpc) is 2.80. The number of hydrogen-bond donors (Lipinski definition) is 2. The van der Waals surface area contributed by atoms with Crippen LogP contribution < -0.4 is 11.1 Å². The van der Waals surface area contributed by atoms with Crippen LogP contribution in [0.5, 0.6) is 0 Å². The first kappa shape index (κ1) is 13.8. The lowest BCUT2D eigenvalue weighted by Crippen LogP contribution is -2.41. The number of hydrogen-bond acceptors (Lipinski definition) is 3. The Kier molecular flexibility index (Phi) is 4.37. The summed E-state index contributed by atoms with van der Waals surface area (Å²) >= 11 is 0. The fraction of sp³-hybridized carbons (Fsp3) is 0.500. The van der Waals surface area contributed by atoms with E-state index in [0.717, 1.165) is 19.6 Å². The van der Waals surface area contributed by atoms with E-state index < -0.39 is 5.82 Å². The molecule has 1 atom stereocenters. The molecule has 1 unspecified atom stereocenters. The highest BCUT2D eigenvalue weighted by Gasteiger charge is 2.17. The highest BCUT2D eigenvalue weighted by atomic mass is 19.1. The van der Waals surface area contributed by atoms with Gasteiger partial charge in [-0.05, 0) is 51.1 Å². The molecule has 2 rings (SSSR count). The van der Waals surface area contributed by atoms with E-state index in [9.17, 15) is 9.18 Å². The second-order valence-electron chi connectivity index (χ2n) is 5.16. The molecule has 1 heterocycles. The summed E-state index contributed by atoms with van der Waals surface area (Å²) in [6.45, 7) is 4.97.